The highest BCUT2D eigenvalue weighted by Gasteiger charge is 2.12. The van der Waals surface area contributed by atoms with Crippen LogP contribution in [-0.2, 0) is 12.8 Å². The highest BCUT2D eigenvalue weighted by atomic mass is 32.1. The fourth-order valence-electron chi connectivity index (χ4n) is 2.84. The predicted molar refractivity (Wildman–Crippen MR) is 108 cm³/mol. The molecule has 7 heteroatoms. The van der Waals surface area contributed by atoms with E-state index in [1.54, 1.807) is 23.2 Å². The molecule has 0 bridgehead atoms. The third kappa shape index (κ3) is 4.71. The Hall–Kier alpha value is -2.28. The van der Waals surface area contributed by atoms with Crippen LogP contribution in [0.4, 0.5) is 0 Å². The zero-order chi connectivity index (χ0) is 19.4. The van der Waals surface area contributed by atoms with Crippen molar-refractivity contribution in [3.8, 4) is 17.1 Å². The van der Waals surface area contributed by atoms with Crippen LogP contribution < -0.4 is 4.74 Å². The van der Waals surface area contributed by atoms with Crippen molar-refractivity contribution < 1.29 is 4.74 Å². The molecule has 27 heavy (non-hydrogen) atoms. The normalized spacial score (nSPS) is 11.5. The van der Waals surface area contributed by atoms with E-state index in [1.807, 2.05) is 26.0 Å². The van der Waals surface area contributed by atoms with E-state index in [-0.39, 0.29) is 6.04 Å². The molecule has 0 aliphatic heterocycles. The SMILES string of the molecule is COc1ccc(-c2nnn(C(C)C)n2)cc1CCCc1csc(C(C)C)n1. The standard InChI is InChI=1S/C20H27N5OS/c1-13(2)20-21-17(12-27-20)8-6-7-15-11-16(9-10-18(15)26-5)19-22-24-25(23-19)14(3)4/h9-14H,6-8H2,1-5H3. The van der Waals surface area contributed by atoms with Gasteiger partial charge in [-0.1, -0.05) is 13.8 Å². The number of hydrogen-bond acceptors (Lipinski definition) is 6. The quantitative estimate of drug-likeness (QED) is 0.563. The Kier molecular flexibility index (Phi) is 6.21. The van der Waals surface area contributed by atoms with Crippen LogP contribution in [0.2, 0.25) is 0 Å². The molecule has 0 saturated heterocycles. The molecule has 0 atom stereocenters. The van der Waals surface area contributed by atoms with Gasteiger partial charge in [0.15, 0.2) is 0 Å². The molecule has 2 aromatic heterocycles. The van der Waals surface area contributed by atoms with Gasteiger partial charge in [0.25, 0.3) is 0 Å². The van der Waals surface area contributed by atoms with E-state index in [9.17, 15) is 0 Å². The summed E-state index contributed by atoms with van der Waals surface area (Å²) in [4.78, 5) is 6.36. The predicted octanol–water partition coefficient (Wildman–Crippen LogP) is 4.68. The van der Waals surface area contributed by atoms with E-state index in [2.05, 4.69) is 40.7 Å². The van der Waals surface area contributed by atoms with Crippen molar-refractivity contribution in [2.24, 2.45) is 0 Å². The van der Waals surface area contributed by atoms with Crippen molar-refractivity contribution in [2.45, 2.75) is 58.9 Å². The van der Waals surface area contributed by atoms with Crippen molar-refractivity contribution in [3.63, 3.8) is 0 Å². The molecule has 1 aromatic carbocycles. The molecule has 0 fully saturated rings. The summed E-state index contributed by atoms with van der Waals surface area (Å²) >= 11 is 1.75. The van der Waals surface area contributed by atoms with Gasteiger partial charge in [-0.3, -0.25) is 0 Å². The van der Waals surface area contributed by atoms with E-state index < -0.39 is 0 Å². The topological polar surface area (TPSA) is 65.7 Å². The zero-order valence-electron chi connectivity index (χ0n) is 16.6. The molecular weight excluding hydrogens is 358 g/mol. The van der Waals surface area contributed by atoms with Crippen LogP contribution in [-0.4, -0.2) is 32.3 Å². The summed E-state index contributed by atoms with van der Waals surface area (Å²) in [5.74, 6) is 2.04. The molecule has 0 unspecified atom stereocenters. The molecule has 0 aliphatic rings. The molecule has 0 aliphatic carbocycles. The number of aromatic nitrogens is 5. The molecular formula is C20H27N5OS. The minimum atomic E-state index is 0.192. The van der Waals surface area contributed by atoms with Gasteiger partial charge in [0.2, 0.25) is 5.82 Å². The number of nitrogens with zero attached hydrogens (tertiary/aromatic N) is 5. The Morgan fingerprint density at radius 2 is 1.96 bits per heavy atom. The largest absolute Gasteiger partial charge is 0.496 e. The molecule has 6 nitrogen and oxygen atoms in total. The van der Waals surface area contributed by atoms with Crippen LogP contribution >= 0.6 is 11.3 Å². The second-order valence-electron chi connectivity index (χ2n) is 7.24. The van der Waals surface area contributed by atoms with Crippen LogP contribution in [0, 0.1) is 0 Å². The lowest BCUT2D eigenvalue weighted by atomic mass is 10.0. The van der Waals surface area contributed by atoms with E-state index in [1.165, 1.54) is 10.7 Å². The third-order valence-corrected chi connectivity index (χ3v) is 5.57. The first kappa shape index (κ1) is 19.5. The Morgan fingerprint density at radius 3 is 2.59 bits per heavy atom. The first-order valence-corrected chi connectivity index (χ1v) is 10.3. The number of benzene rings is 1. The molecule has 144 valence electrons. The maximum atomic E-state index is 5.54. The van der Waals surface area contributed by atoms with Crippen LogP contribution in [0.5, 0.6) is 5.75 Å². The molecule has 3 rings (SSSR count). The lowest BCUT2D eigenvalue weighted by Gasteiger charge is -2.09. The highest BCUT2D eigenvalue weighted by Crippen LogP contribution is 2.27. The van der Waals surface area contributed by atoms with Crippen molar-refractivity contribution in [2.75, 3.05) is 7.11 Å². The van der Waals surface area contributed by atoms with Crippen LogP contribution in [0.15, 0.2) is 23.6 Å². The van der Waals surface area contributed by atoms with Gasteiger partial charge in [-0.2, -0.15) is 4.80 Å². The second kappa shape index (κ2) is 8.61. The Bertz CT molecular complexity index is 884. The Morgan fingerprint density at radius 1 is 1.15 bits per heavy atom. The van der Waals surface area contributed by atoms with Crippen molar-refractivity contribution in [1.82, 2.24) is 25.2 Å². The highest BCUT2D eigenvalue weighted by molar-refractivity contribution is 7.09. The summed E-state index contributed by atoms with van der Waals surface area (Å²) in [6, 6.07) is 6.28. The summed E-state index contributed by atoms with van der Waals surface area (Å²) in [5, 5.41) is 16.2. The maximum Gasteiger partial charge on any atom is 0.204 e. The maximum absolute atomic E-state index is 5.54. The molecule has 3 aromatic rings. The van der Waals surface area contributed by atoms with Gasteiger partial charge < -0.3 is 4.74 Å². The smallest absolute Gasteiger partial charge is 0.204 e. The van der Waals surface area contributed by atoms with Gasteiger partial charge in [0.05, 0.1) is 23.9 Å². The van der Waals surface area contributed by atoms with Crippen LogP contribution in [0.3, 0.4) is 0 Å². The average Bonchev–Trinajstić information content (AvgIpc) is 3.31. The Balaban J connectivity index is 1.71. The zero-order valence-corrected chi connectivity index (χ0v) is 17.5. The van der Waals surface area contributed by atoms with Crippen molar-refractivity contribution in [1.29, 1.82) is 0 Å². The van der Waals surface area contributed by atoms with E-state index in [0.717, 1.165) is 36.1 Å². The summed E-state index contributed by atoms with van der Waals surface area (Å²) in [6.07, 6.45) is 2.91. The fourth-order valence-corrected chi connectivity index (χ4v) is 3.70. The van der Waals surface area contributed by atoms with Gasteiger partial charge in [-0.05, 0) is 62.1 Å². The van der Waals surface area contributed by atoms with E-state index >= 15 is 0 Å². The summed E-state index contributed by atoms with van der Waals surface area (Å²) in [5.41, 5.74) is 3.31. The van der Waals surface area contributed by atoms with Gasteiger partial charge >= 0.3 is 0 Å². The second-order valence-corrected chi connectivity index (χ2v) is 8.13. The monoisotopic (exact) mass is 385 g/mol. The van der Waals surface area contributed by atoms with Gasteiger partial charge in [-0.15, -0.1) is 21.5 Å². The molecule has 0 amide bonds. The van der Waals surface area contributed by atoms with Gasteiger partial charge in [-0.25, -0.2) is 4.98 Å². The lowest BCUT2D eigenvalue weighted by Crippen LogP contribution is -2.04. The molecule has 0 saturated carbocycles. The number of methoxy groups -OCH3 is 1. The lowest BCUT2D eigenvalue weighted by molar-refractivity contribution is 0.409. The number of ether oxygens (including phenoxy) is 1. The number of rotatable bonds is 8. The number of thiazole rings is 1. The number of hydrogen-bond donors (Lipinski definition) is 0. The minimum absolute atomic E-state index is 0.192. The third-order valence-electron chi connectivity index (χ3n) is 4.37. The van der Waals surface area contributed by atoms with E-state index in [4.69, 9.17) is 9.72 Å². The first-order valence-electron chi connectivity index (χ1n) is 9.39. The summed E-state index contributed by atoms with van der Waals surface area (Å²) < 4.78 is 5.54. The minimum Gasteiger partial charge on any atom is -0.496 e. The van der Waals surface area contributed by atoms with E-state index in [0.29, 0.717) is 11.7 Å². The number of aryl methyl sites for hydroxylation is 2. The molecule has 2 heterocycles. The van der Waals surface area contributed by atoms with Gasteiger partial charge in [0.1, 0.15) is 5.75 Å². The first-order chi connectivity index (χ1) is 13.0. The number of tetrazole rings is 1. The van der Waals surface area contributed by atoms with Crippen molar-refractivity contribution >= 4 is 11.3 Å². The van der Waals surface area contributed by atoms with Gasteiger partial charge in [0, 0.05) is 16.9 Å². The van der Waals surface area contributed by atoms with Crippen LogP contribution in [0.25, 0.3) is 11.4 Å². The summed E-state index contributed by atoms with van der Waals surface area (Å²) in [7, 11) is 1.71. The molecule has 0 spiro atoms. The van der Waals surface area contributed by atoms with Crippen molar-refractivity contribution in [3.05, 3.63) is 39.8 Å². The average molecular weight is 386 g/mol. The summed E-state index contributed by atoms with van der Waals surface area (Å²) in [6.45, 7) is 8.44. The molecule has 0 N–H and O–H groups in total. The Labute approximate surface area is 164 Å². The molecule has 0 radical (unpaired) electrons. The fraction of sp³-hybridized carbons (Fsp3) is 0.500. The van der Waals surface area contributed by atoms with Crippen LogP contribution in [0.1, 0.15) is 62.3 Å².